The van der Waals surface area contributed by atoms with E-state index in [0.29, 0.717) is 24.6 Å². The van der Waals surface area contributed by atoms with E-state index in [1.54, 1.807) is 0 Å². The Morgan fingerprint density at radius 2 is 1.00 bits per heavy atom. The Morgan fingerprint density at radius 1 is 0.619 bits per heavy atom. The average molecular weight is 339 g/mol. The van der Waals surface area contributed by atoms with Gasteiger partial charge in [0.2, 0.25) is 11.8 Å². The maximum Gasteiger partial charge on any atom is 0.220 e. The molecule has 0 spiro atoms. The molecule has 0 saturated heterocycles. The summed E-state index contributed by atoms with van der Waals surface area (Å²) >= 11 is 11.0. The van der Waals surface area contributed by atoms with Crippen molar-refractivity contribution in [3.05, 3.63) is 0 Å². The van der Waals surface area contributed by atoms with Crippen LogP contribution in [-0.2, 0) is 9.59 Å². The van der Waals surface area contributed by atoms with Crippen molar-refractivity contribution < 1.29 is 9.59 Å². The first-order valence-corrected chi connectivity index (χ1v) is 8.93. The standard InChI is InChI=1S/C15H28Cl2N2O2/c16-10-6-8-14(20)18-12-4-2-1-3-5-13-19-15(21)9-7-11-17/h1-13H2,(H,18,20)(H,19,21). The number of alkyl halides is 2. The van der Waals surface area contributed by atoms with Gasteiger partial charge in [-0.2, -0.15) is 0 Å². The van der Waals surface area contributed by atoms with Crippen LogP contribution in [0, 0.1) is 0 Å². The number of hydrogen-bond donors (Lipinski definition) is 2. The van der Waals surface area contributed by atoms with E-state index in [1.807, 2.05) is 0 Å². The lowest BCUT2D eigenvalue weighted by atomic mass is 10.1. The fraction of sp³-hybridized carbons (Fsp3) is 0.867. The molecule has 0 aliphatic rings. The molecule has 0 rings (SSSR count). The fourth-order valence-electron chi connectivity index (χ4n) is 1.87. The van der Waals surface area contributed by atoms with Crippen LogP contribution in [0.4, 0.5) is 0 Å². The molecule has 0 aromatic carbocycles. The molecule has 4 nitrogen and oxygen atoms in total. The summed E-state index contributed by atoms with van der Waals surface area (Å²) in [7, 11) is 0. The number of amides is 2. The third kappa shape index (κ3) is 15.7. The van der Waals surface area contributed by atoms with Gasteiger partial charge in [-0.3, -0.25) is 9.59 Å². The van der Waals surface area contributed by atoms with Gasteiger partial charge in [-0.25, -0.2) is 0 Å². The minimum absolute atomic E-state index is 0.0929. The van der Waals surface area contributed by atoms with Gasteiger partial charge < -0.3 is 10.6 Å². The monoisotopic (exact) mass is 338 g/mol. The highest BCUT2D eigenvalue weighted by Crippen LogP contribution is 2.02. The highest BCUT2D eigenvalue weighted by Gasteiger charge is 2.00. The summed E-state index contributed by atoms with van der Waals surface area (Å²) < 4.78 is 0. The summed E-state index contributed by atoms with van der Waals surface area (Å²) in [6.07, 6.45) is 7.89. The Balaban J connectivity index is 3.19. The number of carbonyl (C=O) groups is 2. The first-order valence-electron chi connectivity index (χ1n) is 7.86. The molecule has 0 unspecified atom stereocenters. The van der Waals surface area contributed by atoms with E-state index in [4.69, 9.17) is 23.2 Å². The lowest BCUT2D eigenvalue weighted by Crippen LogP contribution is -2.24. The van der Waals surface area contributed by atoms with E-state index in [0.717, 1.165) is 58.0 Å². The van der Waals surface area contributed by atoms with Crippen LogP contribution >= 0.6 is 23.2 Å². The van der Waals surface area contributed by atoms with Crippen molar-refractivity contribution in [3.8, 4) is 0 Å². The SMILES string of the molecule is O=C(CCCCl)NCCCCCCCNC(=O)CCCCl. The Labute approximate surface area is 138 Å². The van der Waals surface area contributed by atoms with E-state index < -0.39 is 0 Å². The van der Waals surface area contributed by atoms with Crippen LogP contribution in [-0.4, -0.2) is 36.7 Å². The first kappa shape index (κ1) is 20.5. The fourth-order valence-corrected chi connectivity index (χ4v) is 2.13. The Morgan fingerprint density at radius 3 is 1.38 bits per heavy atom. The molecule has 6 heteroatoms. The molecule has 0 aromatic heterocycles. The third-order valence-corrected chi connectivity index (χ3v) is 3.61. The van der Waals surface area contributed by atoms with Crippen LogP contribution < -0.4 is 10.6 Å². The van der Waals surface area contributed by atoms with E-state index in [-0.39, 0.29) is 11.8 Å². The van der Waals surface area contributed by atoms with Crippen molar-refractivity contribution in [1.29, 1.82) is 0 Å². The molecule has 0 aromatic rings. The summed E-state index contributed by atoms with van der Waals surface area (Å²) in [5.41, 5.74) is 0. The third-order valence-electron chi connectivity index (χ3n) is 3.07. The maximum absolute atomic E-state index is 11.3. The van der Waals surface area contributed by atoms with Gasteiger partial charge in [0.1, 0.15) is 0 Å². The normalized spacial score (nSPS) is 10.4. The van der Waals surface area contributed by atoms with Gasteiger partial charge in [0.05, 0.1) is 0 Å². The number of carbonyl (C=O) groups excluding carboxylic acids is 2. The van der Waals surface area contributed by atoms with Gasteiger partial charge in [0.25, 0.3) is 0 Å². The molecule has 0 fully saturated rings. The minimum atomic E-state index is 0.0929. The summed E-state index contributed by atoms with van der Waals surface area (Å²) in [5.74, 6) is 1.26. The molecule has 0 saturated carbocycles. The average Bonchev–Trinajstić information content (AvgIpc) is 2.49. The highest BCUT2D eigenvalue weighted by atomic mass is 35.5. The lowest BCUT2D eigenvalue weighted by molar-refractivity contribution is -0.121. The summed E-state index contributed by atoms with van der Waals surface area (Å²) in [6, 6.07) is 0. The van der Waals surface area contributed by atoms with Crippen LogP contribution in [0.3, 0.4) is 0 Å². The van der Waals surface area contributed by atoms with Gasteiger partial charge in [0, 0.05) is 37.7 Å². The van der Waals surface area contributed by atoms with E-state index in [1.165, 1.54) is 0 Å². The van der Waals surface area contributed by atoms with Gasteiger partial charge in [0.15, 0.2) is 0 Å². The molecular formula is C15H28Cl2N2O2. The molecule has 0 bridgehead atoms. The van der Waals surface area contributed by atoms with Crippen LogP contribution in [0.25, 0.3) is 0 Å². The summed E-state index contributed by atoms with van der Waals surface area (Å²) in [5, 5.41) is 5.78. The maximum atomic E-state index is 11.3. The van der Waals surface area contributed by atoms with Crippen molar-refractivity contribution in [3.63, 3.8) is 0 Å². The van der Waals surface area contributed by atoms with E-state index in [2.05, 4.69) is 10.6 Å². The molecule has 21 heavy (non-hydrogen) atoms. The van der Waals surface area contributed by atoms with Gasteiger partial charge >= 0.3 is 0 Å². The molecule has 124 valence electrons. The number of rotatable bonds is 14. The zero-order valence-corrected chi connectivity index (χ0v) is 14.3. The lowest BCUT2D eigenvalue weighted by Gasteiger charge is -2.06. The zero-order valence-electron chi connectivity index (χ0n) is 12.8. The Hall–Kier alpha value is -0.480. The van der Waals surface area contributed by atoms with Crippen molar-refractivity contribution in [2.45, 2.75) is 57.8 Å². The number of hydrogen-bond acceptors (Lipinski definition) is 2. The van der Waals surface area contributed by atoms with Gasteiger partial charge in [-0.1, -0.05) is 19.3 Å². The molecule has 0 atom stereocenters. The molecule has 0 heterocycles. The van der Waals surface area contributed by atoms with Crippen molar-refractivity contribution in [1.82, 2.24) is 10.6 Å². The largest absolute Gasteiger partial charge is 0.356 e. The quantitative estimate of drug-likeness (QED) is 0.377. The van der Waals surface area contributed by atoms with Crippen molar-refractivity contribution >= 4 is 35.0 Å². The van der Waals surface area contributed by atoms with E-state index >= 15 is 0 Å². The molecule has 2 amide bonds. The first-order chi connectivity index (χ1) is 10.2. The van der Waals surface area contributed by atoms with Gasteiger partial charge in [-0.05, 0) is 25.7 Å². The topological polar surface area (TPSA) is 58.2 Å². The Kier molecular flexibility index (Phi) is 15.5. The van der Waals surface area contributed by atoms with Crippen LogP contribution in [0.5, 0.6) is 0 Å². The molecule has 2 N–H and O–H groups in total. The molecule has 0 radical (unpaired) electrons. The number of halogens is 2. The van der Waals surface area contributed by atoms with Crippen LogP contribution in [0.15, 0.2) is 0 Å². The second-order valence-electron chi connectivity index (χ2n) is 5.05. The van der Waals surface area contributed by atoms with Crippen LogP contribution in [0.2, 0.25) is 0 Å². The highest BCUT2D eigenvalue weighted by molar-refractivity contribution is 6.18. The zero-order chi connectivity index (χ0) is 15.8. The Bertz CT molecular complexity index is 250. The van der Waals surface area contributed by atoms with Crippen molar-refractivity contribution in [2.24, 2.45) is 0 Å². The van der Waals surface area contributed by atoms with Crippen LogP contribution in [0.1, 0.15) is 57.8 Å². The molecule has 0 aliphatic heterocycles. The number of nitrogens with one attached hydrogen (secondary N) is 2. The second-order valence-corrected chi connectivity index (χ2v) is 5.81. The predicted octanol–water partition coefficient (Wildman–Crippen LogP) is 3.21. The second kappa shape index (κ2) is 15.9. The molecule has 0 aliphatic carbocycles. The summed E-state index contributed by atoms with van der Waals surface area (Å²) in [4.78, 5) is 22.6. The summed E-state index contributed by atoms with van der Waals surface area (Å²) in [6.45, 7) is 1.49. The van der Waals surface area contributed by atoms with E-state index in [9.17, 15) is 9.59 Å². The minimum Gasteiger partial charge on any atom is -0.356 e. The van der Waals surface area contributed by atoms with Gasteiger partial charge in [-0.15, -0.1) is 23.2 Å². The predicted molar refractivity (Wildman–Crippen MR) is 89.0 cm³/mol. The molecular weight excluding hydrogens is 311 g/mol. The smallest absolute Gasteiger partial charge is 0.220 e. The number of unbranched alkanes of at least 4 members (excludes halogenated alkanes) is 4. The van der Waals surface area contributed by atoms with Crippen molar-refractivity contribution in [2.75, 3.05) is 24.8 Å².